The first-order valence-electron chi connectivity index (χ1n) is 8.18. The minimum absolute atomic E-state index is 0.454. The molecule has 130 valence electrons. The normalized spacial score (nSPS) is 11.6. The van der Waals surface area contributed by atoms with Gasteiger partial charge < -0.3 is 15.4 Å². The molecule has 2 aromatic heterocycles. The predicted octanol–water partition coefficient (Wildman–Crippen LogP) is 2.80. The highest BCUT2D eigenvalue weighted by molar-refractivity contribution is 7.09. The Morgan fingerprint density at radius 3 is 2.92 bits per heavy atom. The third kappa shape index (κ3) is 6.16. The number of pyridine rings is 1. The smallest absolute Gasteiger partial charge is 0.191 e. The molecule has 0 fully saturated rings. The molecule has 0 saturated carbocycles. The number of nitrogens with one attached hydrogen (secondary N) is 2. The lowest BCUT2D eigenvalue weighted by molar-refractivity contribution is 0.320. The molecule has 7 heteroatoms. The summed E-state index contributed by atoms with van der Waals surface area (Å²) in [7, 11) is 0. The molecule has 6 nitrogen and oxygen atoms in total. The second kappa shape index (κ2) is 9.87. The second-order valence-electron chi connectivity index (χ2n) is 5.48. The van der Waals surface area contributed by atoms with E-state index in [0.717, 1.165) is 29.0 Å². The van der Waals surface area contributed by atoms with E-state index < -0.39 is 0 Å². The highest BCUT2D eigenvalue weighted by Gasteiger charge is 2.05. The molecule has 0 radical (unpaired) electrons. The molecule has 2 N–H and O–H groups in total. The summed E-state index contributed by atoms with van der Waals surface area (Å²) in [5.41, 5.74) is 1.13. The van der Waals surface area contributed by atoms with Gasteiger partial charge in [-0.25, -0.2) is 9.98 Å². The monoisotopic (exact) mass is 347 g/mol. The predicted molar refractivity (Wildman–Crippen MR) is 98.8 cm³/mol. The van der Waals surface area contributed by atoms with Crippen LogP contribution in [0.15, 0.2) is 34.9 Å². The summed E-state index contributed by atoms with van der Waals surface area (Å²) in [6.07, 6.45) is 3.43. The molecule has 0 bridgehead atoms. The topological polar surface area (TPSA) is 71.4 Å². The van der Waals surface area contributed by atoms with Crippen molar-refractivity contribution in [1.82, 2.24) is 20.6 Å². The first-order chi connectivity index (χ1) is 11.7. The van der Waals surface area contributed by atoms with Gasteiger partial charge in [0.1, 0.15) is 17.4 Å². The first kappa shape index (κ1) is 18.2. The summed E-state index contributed by atoms with van der Waals surface area (Å²) in [5.74, 6) is 1.99. The molecule has 0 aliphatic rings. The van der Waals surface area contributed by atoms with Crippen molar-refractivity contribution in [2.75, 3.05) is 19.7 Å². The van der Waals surface area contributed by atoms with E-state index in [1.165, 1.54) is 0 Å². The van der Waals surface area contributed by atoms with Crippen LogP contribution in [0.4, 0.5) is 0 Å². The van der Waals surface area contributed by atoms with Crippen molar-refractivity contribution < 1.29 is 4.74 Å². The van der Waals surface area contributed by atoms with Gasteiger partial charge in [0.15, 0.2) is 5.96 Å². The Morgan fingerprint density at radius 1 is 1.38 bits per heavy atom. The van der Waals surface area contributed by atoms with Crippen molar-refractivity contribution in [3.05, 3.63) is 40.6 Å². The molecule has 2 aromatic rings. The van der Waals surface area contributed by atoms with Crippen molar-refractivity contribution >= 4 is 17.3 Å². The fourth-order valence-electron chi connectivity index (χ4n) is 1.92. The van der Waals surface area contributed by atoms with Crippen molar-refractivity contribution in [1.29, 1.82) is 0 Å². The quantitative estimate of drug-likeness (QED) is 0.436. The van der Waals surface area contributed by atoms with Crippen LogP contribution in [0.5, 0.6) is 5.75 Å². The fraction of sp³-hybridized carbons (Fsp3) is 0.471. The Kier molecular flexibility index (Phi) is 7.48. The molecule has 2 rings (SSSR count). The van der Waals surface area contributed by atoms with Gasteiger partial charge in [-0.1, -0.05) is 13.8 Å². The van der Waals surface area contributed by atoms with Gasteiger partial charge >= 0.3 is 0 Å². The molecule has 0 atom stereocenters. The van der Waals surface area contributed by atoms with E-state index in [0.29, 0.717) is 25.6 Å². The highest BCUT2D eigenvalue weighted by atomic mass is 32.1. The third-order valence-electron chi connectivity index (χ3n) is 3.18. The SMILES string of the molecule is CCNC(=NCc1nc(C(C)C)cs1)NCCOc1cccnc1. The number of aromatic nitrogens is 2. The van der Waals surface area contributed by atoms with Crippen LogP contribution in [0.1, 0.15) is 37.4 Å². The molecule has 24 heavy (non-hydrogen) atoms. The van der Waals surface area contributed by atoms with E-state index in [2.05, 4.69) is 44.8 Å². The third-order valence-corrected chi connectivity index (χ3v) is 4.03. The van der Waals surface area contributed by atoms with E-state index >= 15 is 0 Å². The Balaban J connectivity index is 1.79. The van der Waals surface area contributed by atoms with Crippen molar-refractivity contribution in [2.24, 2.45) is 4.99 Å². The maximum atomic E-state index is 5.61. The van der Waals surface area contributed by atoms with Gasteiger partial charge in [-0.15, -0.1) is 11.3 Å². The van der Waals surface area contributed by atoms with Crippen LogP contribution in [-0.2, 0) is 6.54 Å². The number of thiazole rings is 1. The van der Waals surface area contributed by atoms with Crippen LogP contribution >= 0.6 is 11.3 Å². The van der Waals surface area contributed by atoms with Crippen molar-refractivity contribution in [3.63, 3.8) is 0 Å². The Hall–Kier alpha value is -2.15. The molecule has 0 aliphatic carbocycles. The van der Waals surface area contributed by atoms with Crippen LogP contribution in [0.2, 0.25) is 0 Å². The van der Waals surface area contributed by atoms with Crippen LogP contribution in [0.25, 0.3) is 0 Å². The summed E-state index contributed by atoms with van der Waals surface area (Å²) in [5, 5.41) is 9.63. The number of ether oxygens (including phenoxy) is 1. The maximum absolute atomic E-state index is 5.61. The summed E-state index contributed by atoms with van der Waals surface area (Å²) in [4.78, 5) is 13.2. The van der Waals surface area contributed by atoms with E-state index in [1.807, 2.05) is 19.1 Å². The van der Waals surface area contributed by atoms with E-state index in [-0.39, 0.29) is 0 Å². The van der Waals surface area contributed by atoms with Gasteiger partial charge in [-0.3, -0.25) is 4.98 Å². The first-order valence-corrected chi connectivity index (χ1v) is 9.06. The Labute approximate surface area is 147 Å². The highest BCUT2D eigenvalue weighted by Crippen LogP contribution is 2.18. The summed E-state index contributed by atoms with van der Waals surface area (Å²) >= 11 is 1.66. The van der Waals surface area contributed by atoms with E-state index in [9.17, 15) is 0 Å². The number of aliphatic imine (C=N–C) groups is 1. The number of hydrogen-bond donors (Lipinski definition) is 2. The Bertz CT molecular complexity index is 627. The lowest BCUT2D eigenvalue weighted by atomic mass is 10.2. The Morgan fingerprint density at radius 2 is 2.25 bits per heavy atom. The number of hydrogen-bond acceptors (Lipinski definition) is 5. The second-order valence-corrected chi connectivity index (χ2v) is 6.42. The zero-order chi connectivity index (χ0) is 17.2. The lowest BCUT2D eigenvalue weighted by Crippen LogP contribution is -2.39. The van der Waals surface area contributed by atoms with Gasteiger partial charge in [-0.05, 0) is 25.0 Å². The van der Waals surface area contributed by atoms with E-state index in [4.69, 9.17) is 4.74 Å². The molecule has 0 amide bonds. The molecular formula is C17H25N5OS. The number of nitrogens with zero attached hydrogens (tertiary/aromatic N) is 3. The molecule has 2 heterocycles. The molecule has 0 saturated heterocycles. The van der Waals surface area contributed by atoms with E-state index in [1.54, 1.807) is 23.7 Å². The average molecular weight is 347 g/mol. The number of rotatable bonds is 8. The van der Waals surface area contributed by atoms with Crippen LogP contribution in [0.3, 0.4) is 0 Å². The largest absolute Gasteiger partial charge is 0.490 e. The molecule has 0 unspecified atom stereocenters. The summed E-state index contributed by atoms with van der Waals surface area (Å²) < 4.78 is 5.61. The standard InChI is InChI=1S/C17H25N5OS/c1-4-19-17(20-8-9-23-14-6-5-7-18-10-14)21-11-16-22-15(12-24-16)13(2)3/h5-7,10,12-13H,4,8-9,11H2,1-3H3,(H2,19,20,21). The van der Waals surface area contributed by atoms with Gasteiger partial charge in [0.2, 0.25) is 0 Å². The molecule has 0 aromatic carbocycles. The van der Waals surface area contributed by atoms with Gasteiger partial charge in [0, 0.05) is 18.1 Å². The summed E-state index contributed by atoms with van der Waals surface area (Å²) in [6, 6.07) is 3.74. The molecular weight excluding hydrogens is 322 g/mol. The fourth-order valence-corrected chi connectivity index (χ4v) is 2.80. The van der Waals surface area contributed by atoms with Crippen molar-refractivity contribution in [2.45, 2.75) is 33.2 Å². The minimum Gasteiger partial charge on any atom is -0.490 e. The van der Waals surface area contributed by atoms with Crippen LogP contribution in [-0.4, -0.2) is 35.6 Å². The number of guanidine groups is 1. The minimum atomic E-state index is 0.454. The van der Waals surface area contributed by atoms with Gasteiger partial charge in [-0.2, -0.15) is 0 Å². The average Bonchev–Trinajstić information content (AvgIpc) is 3.06. The zero-order valence-electron chi connectivity index (χ0n) is 14.5. The van der Waals surface area contributed by atoms with Gasteiger partial charge in [0.05, 0.1) is 25.0 Å². The lowest BCUT2D eigenvalue weighted by Gasteiger charge is -2.11. The van der Waals surface area contributed by atoms with Gasteiger partial charge in [0.25, 0.3) is 0 Å². The van der Waals surface area contributed by atoms with Crippen molar-refractivity contribution in [3.8, 4) is 5.75 Å². The van der Waals surface area contributed by atoms with Crippen LogP contribution in [0, 0.1) is 0 Å². The molecule has 0 spiro atoms. The van der Waals surface area contributed by atoms with Crippen LogP contribution < -0.4 is 15.4 Å². The summed E-state index contributed by atoms with van der Waals surface area (Å²) in [6.45, 7) is 8.94. The maximum Gasteiger partial charge on any atom is 0.191 e. The molecule has 0 aliphatic heterocycles. The zero-order valence-corrected chi connectivity index (χ0v) is 15.3.